The van der Waals surface area contributed by atoms with Gasteiger partial charge >= 0.3 is 8.80 Å². The van der Waals surface area contributed by atoms with E-state index in [9.17, 15) is 0 Å². The zero-order chi connectivity index (χ0) is 28.4. The molecule has 0 fully saturated rings. The van der Waals surface area contributed by atoms with Crippen LogP contribution in [0.25, 0.3) is 0 Å². The first-order valence-electron chi connectivity index (χ1n) is 16.6. The topological polar surface area (TPSA) is 39.7 Å². The summed E-state index contributed by atoms with van der Waals surface area (Å²) in [6.07, 6.45) is 26.5. The van der Waals surface area contributed by atoms with E-state index in [2.05, 4.69) is 49.5 Å². The smallest absolute Gasteiger partial charge is 0.377 e. The van der Waals surface area contributed by atoms with Crippen molar-refractivity contribution >= 4 is 8.80 Å². The number of unbranched alkanes of at least 4 members (excludes halogenated alkanes) is 16. The quantitative estimate of drug-likeness (QED) is 0.0813. The highest BCUT2D eigenvalue weighted by molar-refractivity contribution is 6.60. The van der Waals surface area contributed by atoms with Crippen LogP contribution in [0.3, 0.4) is 0 Å². The fourth-order valence-electron chi connectivity index (χ4n) is 5.78. The molecule has 1 aromatic rings. The molecular formula is C34H65NO3Si. The average molecular weight is 564 g/mol. The lowest BCUT2D eigenvalue weighted by atomic mass is 9.89. The molecule has 0 aromatic heterocycles. The lowest BCUT2D eigenvalue weighted by molar-refractivity contribution is 0.123. The van der Waals surface area contributed by atoms with Crippen LogP contribution < -0.4 is 5.32 Å². The SMILES string of the molecule is CCCCCCCCCCCCCCCCCCCC(C)C(NCCC[Si](OC)(OC)OC)c1ccccc1. The number of nitrogens with one attached hydrogen (secondary N) is 1. The van der Waals surface area contributed by atoms with Crippen molar-refractivity contribution < 1.29 is 13.3 Å². The summed E-state index contributed by atoms with van der Waals surface area (Å²) in [6, 6.07) is 12.2. The van der Waals surface area contributed by atoms with Gasteiger partial charge in [0, 0.05) is 33.4 Å². The second kappa shape index (κ2) is 25.0. The Balaban J connectivity index is 2.14. The first-order chi connectivity index (χ1) is 19.1. The summed E-state index contributed by atoms with van der Waals surface area (Å²) in [7, 11) is 2.59. The van der Waals surface area contributed by atoms with Gasteiger partial charge in [-0.05, 0) is 30.9 Å². The normalized spacial score (nSPS) is 13.6. The van der Waals surface area contributed by atoms with Crippen LogP contribution in [0.15, 0.2) is 30.3 Å². The van der Waals surface area contributed by atoms with E-state index >= 15 is 0 Å². The van der Waals surface area contributed by atoms with Gasteiger partial charge in [0.15, 0.2) is 0 Å². The van der Waals surface area contributed by atoms with Gasteiger partial charge in [0.25, 0.3) is 0 Å². The maximum absolute atomic E-state index is 5.59. The zero-order valence-electron chi connectivity index (χ0n) is 26.6. The third-order valence-electron chi connectivity index (χ3n) is 8.45. The Morgan fingerprint density at radius 2 is 1.05 bits per heavy atom. The molecule has 0 saturated carbocycles. The Bertz CT molecular complexity index is 632. The third kappa shape index (κ3) is 17.6. The van der Waals surface area contributed by atoms with Gasteiger partial charge in [-0.25, -0.2) is 0 Å². The molecule has 0 amide bonds. The van der Waals surface area contributed by atoms with Gasteiger partial charge in [-0.15, -0.1) is 0 Å². The number of hydrogen-bond donors (Lipinski definition) is 1. The predicted octanol–water partition coefficient (Wildman–Crippen LogP) is 10.3. The van der Waals surface area contributed by atoms with Crippen LogP contribution in [0, 0.1) is 5.92 Å². The second-order valence-corrected chi connectivity index (χ2v) is 14.8. The van der Waals surface area contributed by atoms with Crippen molar-refractivity contribution in [1.82, 2.24) is 5.32 Å². The van der Waals surface area contributed by atoms with Crippen molar-refractivity contribution in [3.8, 4) is 0 Å². The van der Waals surface area contributed by atoms with Crippen LogP contribution in [-0.4, -0.2) is 36.7 Å². The summed E-state index contributed by atoms with van der Waals surface area (Å²) in [6.45, 7) is 5.65. The van der Waals surface area contributed by atoms with Gasteiger partial charge in [0.05, 0.1) is 0 Å². The predicted molar refractivity (Wildman–Crippen MR) is 171 cm³/mol. The van der Waals surface area contributed by atoms with Gasteiger partial charge in [-0.2, -0.15) is 0 Å². The van der Waals surface area contributed by atoms with Crippen molar-refractivity contribution in [3.63, 3.8) is 0 Å². The van der Waals surface area contributed by atoms with Crippen molar-refractivity contribution in [1.29, 1.82) is 0 Å². The molecule has 4 nitrogen and oxygen atoms in total. The number of rotatable bonds is 28. The molecule has 0 aliphatic heterocycles. The summed E-state index contributed by atoms with van der Waals surface area (Å²) in [5.41, 5.74) is 1.39. The van der Waals surface area contributed by atoms with Crippen molar-refractivity contribution in [2.45, 2.75) is 148 Å². The summed E-state index contributed by atoms with van der Waals surface area (Å²) in [5.74, 6) is 0.609. The van der Waals surface area contributed by atoms with Crippen LogP contribution in [-0.2, 0) is 13.3 Å². The maximum atomic E-state index is 5.59. The molecule has 228 valence electrons. The first-order valence-corrected chi connectivity index (χ1v) is 18.5. The Kier molecular flexibility index (Phi) is 23.3. The maximum Gasteiger partial charge on any atom is 0.500 e. The molecule has 1 rings (SSSR count). The molecule has 1 N–H and O–H groups in total. The highest BCUT2D eigenvalue weighted by atomic mass is 28.4. The zero-order valence-corrected chi connectivity index (χ0v) is 27.6. The molecule has 0 radical (unpaired) electrons. The largest absolute Gasteiger partial charge is 0.500 e. The minimum Gasteiger partial charge on any atom is -0.377 e. The minimum absolute atomic E-state index is 0.385. The van der Waals surface area contributed by atoms with E-state index in [1.165, 1.54) is 121 Å². The molecule has 0 aliphatic carbocycles. The molecule has 0 saturated heterocycles. The number of hydrogen-bond acceptors (Lipinski definition) is 4. The molecule has 2 atom stereocenters. The Morgan fingerprint density at radius 1 is 0.615 bits per heavy atom. The van der Waals surface area contributed by atoms with E-state index in [4.69, 9.17) is 13.3 Å². The van der Waals surface area contributed by atoms with Gasteiger partial charge in [-0.3, -0.25) is 0 Å². The van der Waals surface area contributed by atoms with Crippen molar-refractivity contribution in [2.75, 3.05) is 27.9 Å². The van der Waals surface area contributed by atoms with Crippen LogP contribution in [0.2, 0.25) is 6.04 Å². The van der Waals surface area contributed by atoms with E-state index in [0.29, 0.717) is 12.0 Å². The second-order valence-electron chi connectivity index (χ2n) is 11.7. The van der Waals surface area contributed by atoms with Crippen molar-refractivity contribution in [2.24, 2.45) is 5.92 Å². The summed E-state index contributed by atoms with van der Waals surface area (Å²) < 4.78 is 16.8. The molecule has 39 heavy (non-hydrogen) atoms. The lowest BCUT2D eigenvalue weighted by Crippen LogP contribution is -2.43. The molecule has 0 heterocycles. The Hall–Kier alpha value is -0.723. The average Bonchev–Trinajstić information content (AvgIpc) is 2.97. The fraction of sp³-hybridized carbons (Fsp3) is 0.824. The fourth-order valence-corrected chi connectivity index (χ4v) is 7.51. The van der Waals surface area contributed by atoms with E-state index in [1.54, 1.807) is 21.3 Å². The highest BCUT2D eigenvalue weighted by Crippen LogP contribution is 2.27. The molecule has 5 heteroatoms. The molecule has 0 bridgehead atoms. The summed E-state index contributed by atoms with van der Waals surface area (Å²) in [5, 5.41) is 3.84. The lowest BCUT2D eigenvalue weighted by Gasteiger charge is -2.27. The van der Waals surface area contributed by atoms with Gasteiger partial charge in [0.1, 0.15) is 0 Å². The van der Waals surface area contributed by atoms with E-state index in [0.717, 1.165) is 19.0 Å². The molecule has 0 aliphatic rings. The van der Waals surface area contributed by atoms with Crippen LogP contribution in [0.1, 0.15) is 147 Å². The molecule has 2 unspecified atom stereocenters. The summed E-state index contributed by atoms with van der Waals surface area (Å²) in [4.78, 5) is 0. The number of benzene rings is 1. The van der Waals surface area contributed by atoms with Crippen LogP contribution >= 0.6 is 0 Å². The van der Waals surface area contributed by atoms with Crippen molar-refractivity contribution in [3.05, 3.63) is 35.9 Å². The first kappa shape index (κ1) is 36.3. The van der Waals surface area contributed by atoms with Gasteiger partial charge < -0.3 is 18.6 Å². The van der Waals surface area contributed by atoms with Crippen LogP contribution in [0.5, 0.6) is 0 Å². The standard InChI is InChI=1S/C34H65NO3Si/c1-6-7-8-9-10-11-12-13-14-15-16-17-18-19-20-21-23-27-32(2)34(33-28-24-22-25-29-33)35-30-26-31-39(36-3,37-4)38-5/h22,24-25,28-29,32,34-35H,6-21,23,26-27,30-31H2,1-5H3. The molecule has 0 spiro atoms. The highest BCUT2D eigenvalue weighted by Gasteiger charge is 2.36. The molecule has 1 aromatic carbocycles. The van der Waals surface area contributed by atoms with Crippen LogP contribution in [0.4, 0.5) is 0 Å². The third-order valence-corrected chi connectivity index (χ3v) is 11.3. The monoisotopic (exact) mass is 563 g/mol. The van der Waals surface area contributed by atoms with E-state index in [1.807, 2.05) is 0 Å². The molecular weight excluding hydrogens is 498 g/mol. The minimum atomic E-state index is -2.49. The van der Waals surface area contributed by atoms with Gasteiger partial charge in [-0.1, -0.05) is 153 Å². The van der Waals surface area contributed by atoms with Gasteiger partial charge in [0.2, 0.25) is 0 Å². The Labute approximate surface area is 244 Å². The Morgan fingerprint density at radius 3 is 1.49 bits per heavy atom. The summed E-state index contributed by atoms with van der Waals surface area (Å²) >= 11 is 0. The van der Waals surface area contributed by atoms with E-state index < -0.39 is 8.80 Å². The van der Waals surface area contributed by atoms with E-state index in [-0.39, 0.29) is 0 Å².